The summed E-state index contributed by atoms with van der Waals surface area (Å²) < 4.78 is 0. The van der Waals surface area contributed by atoms with Crippen LogP contribution >= 0.6 is 22.9 Å². The minimum atomic E-state index is -0.998. The third-order valence-corrected chi connectivity index (χ3v) is 3.40. The predicted octanol–water partition coefficient (Wildman–Crippen LogP) is 3.47. The van der Waals surface area contributed by atoms with E-state index in [1.807, 2.05) is 19.1 Å². The fourth-order valence-corrected chi connectivity index (χ4v) is 2.09. The maximum atomic E-state index is 10.7. The summed E-state index contributed by atoms with van der Waals surface area (Å²) in [6.07, 6.45) is 0. The Morgan fingerprint density at radius 2 is 2.25 bits per heavy atom. The van der Waals surface area contributed by atoms with Crippen LogP contribution in [-0.2, 0) is 0 Å². The van der Waals surface area contributed by atoms with Crippen molar-refractivity contribution in [2.45, 2.75) is 6.92 Å². The minimum Gasteiger partial charge on any atom is -0.476 e. The number of carboxylic acid groups (broad SMARTS) is 1. The molecular formula is C11H8ClNO2S. The molecule has 0 atom stereocenters. The van der Waals surface area contributed by atoms with Crippen molar-refractivity contribution in [3.05, 3.63) is 39.2 Å². The van der Waals surface area contributed by atoms with Gasteiger partial charge in [0.1, 0.15) is 0 Å². The van der Waals surface area contributed by atoms with Crippen molar-refractivity contribution >= 4 is 28.9 Å². The Labute approximate surface area is 101 Å². The van der Waals surface area contributed by atoms with E-state index in [2.05, 4.69) is 4.98 Å². The molecular weight excluding hydrogens is 246 g/mol. The van der Waals surface area contributed by atoms with E-state index in [1.54, 1.807) is 11.4 Å². The molecule has 0 spiro atoms. The Morgan fingerprint density at radius 1 is 1.50 bits per heavy atom. The maximum Gasteiger partial charge on any atom is 0.365 e. The molecule has 0 unspecified atom stereocenters. The van der Waals surface area contributed by atoms with Crippen molar-refractivity contribution < 1.29 is 9.90 Å². The molecule has 0 amide bonds. The SMILES string of the molecule is Cc1cc(-c2csc(C(=O)O)n2)ccc1Cl. The van der Waals surface area contributed by atoms with Crippen molar-refractivity contribution in [3.8, 4) is 11.3 Å². The highest BCUT2D eigenvalue weighted by molar-refractivity contribution is 7.11. The zero-order valence-corrected chi connectivity index (χ0v) is 9.97. The van der Waals surface area contributed by atoms with Crippen LogP contribution in [0.5, 0.6) is 0 Å². The van der Waals surface area contributed by atoms with Gasteiger partial charge < -0.3 is 5.11 Å². The molecule has 0 aliphatic rings. The van der Waals surface area contributed by atoms with Gasteiger partial charge in [-0.15, -0.1) is 11.3 Å². The standard InChI is InChI=1S/C11H8ClNO2S/c1-6-4-7(2-3-8(6)12)9-5-16-10(13-9)11(14)15/h2-5H,1H3,(H,14,15). The van der Waals surface area contributed by atoms with Crippen LogP contribution in [0.2, 0.25) is 5.02 Å². The number of thiazole rings is 1. The van der Waals surface area contributed by atoms with Crippen LogP contribution in [-0.4, -0.2) is 16.1 Å². The summed E-state index contributed by atoms with van der Waals surface area (Å²) in [5.41, 5.74) is 2.50. The van der Waals surface area contributed by atoms with Crippen LogP contribution in [0.15, 0.2) is 23.6 Å². The number of carbonyl (C=O) groups is 1. The van der Waals surface area contributed by atoms with Gasteiger partial charge in [0.05, 0.1) is 5.69 Å². The zero-order valence-electron chi connectivity index (χ0n) is 8.40. The summed E-state index contributed by atoms with van der Waals surface area (Å²) >= 11 is 7.03. The van der Waals surface area contributed by atoms with Crippen LogP contribution in [0.25, 0.3) is 11.3 Å². The summed E-state index contributed by atoms with van der Waals surface area (Å²) in [6.45, 7) is 1.90. The lowest BCUT2D eigenvalue weighted by molar-refractivity contribution is 0.0696. The van der Waals surface area contributed by atoms with E-state index < -0.39 is 5.97 Å². The number of rotatable bonds is 2. The summed E-state index contributed by atoms with van der Waals surface area (Å²) in [5.74, 6) is -0.998. The highest BCUT2D eigenvalue weighted by atomic mass is 35.5. The number of benzene rings is 1. The van der Waals surface area contributed by atoms with Crippen LogP contribution < -0.4 is 0 Å². The molecule has 1 N–H and O–H groups in total. The molecule has 2 aromatic rings. The van der Waals surface area contributed by atoms with Gasteiger partial charge in [-0.3, -0.25) is 0 Å². The van der Waals surface area contributed by atoms with Gasteiger partial charge in [0.25, 0.3) is 0 Å². The third kappa shape index (κ3) is 2.08. The average molecular weight is 254 g/mol. The first kappa shape index (κ1) is 11.1. The second-order valence-corrected chi connectivity index (χ2v) is 4.57. The van der Waals surface area contributed by atoms with Crippen molar-refractivity contribution in [3.63, 3.8) is 0 Å². The lowest BCUT2D eigenvalue weighted by Gasteiger charge is -2.00. The Hall–Kier alpha value is -1.39. The smallest absolute Gasteiger partial charge is 0.365 e. The van der Waals surface area contributed by atoms with Crippen LogP contribution in [0, 0.1) is 6.92 Å². The first-order valence-electron chi connectivity index (χ1n) is 4.53. The quantitative estimate of drug-likeness (QED) is 0.892. The van der Waals surface area contributed by atoms with Crippen molar-refractivity contribution in [2.75, 3.05) is 0 Å². The van der Waals surface area contributed by atoms with Gasteiger partial charge in [0, 0.05) is 16.0 Å². The Morgan fingerprint density at radius 3 is 2.81 bits per heavy atom. The summed E-state index contributed by atoms with van der Waals surface area (Å²) in [4.78, 5) is 14.7. The number of hydrogen-bond donors (Lipinski definition) is 1. The van der Waals surface area contributed by atoms with Crippen molar-refractivity contribution in [1.29, 1.82) is 0 Å². The van der Waals surface area contributed by atoms with E-state index in [-0.39, 0.29) is 5.01 Å². The number of hydrogen-bond acceptors (Lipinski definition) is 3. The molecule has 0 aliphatic carbocycles. The lowest BCUT2D eigenvalue weighted by Crippen LogP contribution is -1.94. The summed E-state index contributed by atoms with van der Waals surface area (Å²) in [5, 5.41) is 11.3. The predicted molar refractivity (Wildman–Crippen MR) is 64.3 cm³/mol. The fourth-order valence-electron chi connectivity index (χ4n) is 1.31. The van der Waals surface area contributed by atoms with Gasteiger partial charge >= 0.3 is 5.97 Å². The molecule has 0 bridgehead atoms. The molecule has 1 heterocycles. The van der Waals surface area contributed by atoms with Gasteiger partial charge in [0.2, 0.25) is 5.01 Å². The number of aryl methyl sites for hydroxylation is 1. The second kappa shape index (κ2) is 4.23. The highest BCUT2D eigenvalue weighted by Gasteiger charge is 2.10. The molecule has 0 fully saturated rings. The second-order valence-electron chi connectivity index (χ2n) is 3.31. The first-order chi connectivity index (χ1) is 7.58. The molecule has 0 radical (unpaired) electrons. The van der Waals surface area contributed by atoms with Gasteiger partial charge in [0.15, 0.2) is 0 Å². The minimum absolute atomic E-state index is 0.0996. The van der Waals surface area contributed by atoms with Crippen molar-refractivity contribution in [1.82, 2.24) is 4.98 Å². The summed E-state index contributed by atoms with van der Waals surface area (Å²) in [7, 11) is 0. The third-order valence-electron chi connectivity index (χ3n) is 2.14. The molecule has 82 valence electrons. The number of aromatic nitrogens is 1. The van der Waals surface area contributed by atoms with E-state index in [0.717, 1.165) is 22.5 Å². The topological polar surface area (TPSA) is 50.2 Å². The molecule has 1 aromatic heterocycles. The van der Waals surface area contributed by atoms with Gasteiger partial charge in [-0.1, -0.05) is 17.7 Å². The molecule has 5 heteroatoms. The van der Waals surface area contributed by atoms with Crippen LogP contribution in [0.4, 0.5) is 0 Å². The van der Waals surface area contributed by atoms with E-state index >= 15 is 0 Å². The van der Waals surface area contributed by atoms with E-state index in [9.17, 15) is 4.79 Å². The Bertz CT molecular complexity index is 551. The first-order valence-corrected chi connectivity index (χ1v) is 5.79. The zero-order chi connectivity index (χ0) is 11.7. The molecule has 0 saturated carbocycles. The number of halogens is 1. The van der Waals surface area contributed by atoms with Gasteiger partial charge in [-0.05, 0) is 24.6 Å². The Kier molecular flexibility index (Phi) is 2.94. The molecule has 16 heavy (non-hydrogen) atoms. The van der Waals surface area contributed by atoms with Crippen molar-refractivity contribution in [2.24, 2.45) is 0 Å². The Balaban J connectivity index is 2.42. The molecule has 2 rings (SSSR count). The van der Waals surface area contributed by atoms with Crippen LogP contribution in [0.3, 0.4) is 0 Å². The number of nitrogens with zero attached hydrogens (tertiary/aromatic N) is 1. The normalized spacial score (nSPS) is 10.4. The van der Waals surface area contributed by atoms with Gasteiger partial charge in [-0.25, -0.2) is 9.78 Å². The van der Waals surface area contributed by atoms with E-state index in [4.69, 9.17) is 16.7 Å². The van der Waals surface area contributed by atoms with E-state index in [0.29, 0.717) is 10.7 Å². The molecule has 0 saturated heterocycles. The fraction of sp³-hybridized carbons (Fsp3) is 0.0909. The largest absolute Gasteiger partial charge is 0.476 e. The number of aromatic carboxylic acids is 1. The maximum absolute atomic E-state index is 10.7. The molecule has 1 aromatic carbocycles. The van der Waals surface area contributed by atoms with Crippen LogP contribution in [0.1, 0.15) is 15.4 Å². The van der Waals surface area contributed by atoms with E-state index in [1.165, 1.54) is 0 Å². The van der Waals surface area contributed by atoms with Gasteiger partial charge in [-0.2, -0.15) is 0 Å². The number of carboxylic acids is 1. The lowest BCUT2D eigenvalue weighted by atomic mass is 10.1. The highest BCUT2D eigenvalue weighted by Crippen LogP contribution is 2.25. The molecule has 0 aliphatic heterocycles. The molecule has 3 nitrogen and oxygen atoms in total. The summed E-state index contributed by atoms with van der Waals surface area (Å²) in [6, 6.07) is 5.51. The average Bonchev–Trinajstić information content (AvgIpc) is 2.71. The monoisotopic (exact) mass is 253 g/mol.